The van der Waals surface area contributed by atoms with Gasteiger partial charge >= 0.3 is 0 Å². The number of nitriles is 1. The summed E-state index contributed by atoms with van der Waals surface area (Å²) in [6.45, 7) is 2.03. The van der Waals surface area contributed by atoms with E-state index in [2.05, 4.69) is 16.0 Å². The Labute approximate surface area is 117 Å². The Hall–Kier alpha value is -2.74. The molecule has 0 spiro atoms. The maximum atomic E-state index is 11.5. The Morgan fingerprint density at radius 1 is 1.40 bits per heavy atom. The van der Waals surface area contributed by atoms with Gasteiger partial charge < -0.3 is 4.90 Å². The maximum absolute atomic E-state index is 11.5. The average molecular weight is 266 g/mol. The minimum Gasteiger partial charge on any atom is -0.368 e. The van der Waals surface area contributed by atoms with Crippen molar-refractivity contribution < 1.29 is 4.79 Å². The van der Waals surface area contributed by atoms with Gasteiger partial charge in [-0.3, -0.25) is 14.8 Å². The van der Waals surface area contributed by atoms with Crippen LogP contribution in [-0.4, -0.2) is 22.8 Å². The van der Waals surface area contributed by atoms with Gasteiger partial charge in [-0.2, -0.15) is 5.26 Å². The first kappa shape index (κ1) is 13.7. The fourth-order valence-electron chi connectivity index (χ4n) is 1.90. The second-order valence-corrected chi connectivity index (χ2v) is 4.45. The third-order valence-electron chi connectivity index (χ3n) is 2.95. The van der Waals surface area contributed by atoms with E-state index in [0.717, 1.165) is 5.69 Å². The van der Waals surface area contributed by atoms with Gasteiger partial charge in [-0.05, 0) is 25.1 Å². The summed E-state index contributed by atoms with van der Waals surface area (Å²) < 4.78 is 0. The van der Waals surface area contributed by atoms with E-state index >= 15 is 0 Å². The number of carbonyl (C=O) groups excluding carboxylic acids is 1. The maximum Gasteiger partial charge on any atom is 0.159 e. The molecule has 0 unspecified atom stereocenters. The number of aromatic nitrogens is 2. The van der Waals surface area contributed by atoms with Crippen LogP contribution in [0.15, 0.2) is 36.8 Å². The summed E-state index contributed by atoms with van der Waals surface area (Å²) >= 11 is 0. The molecule has 0 radical (unpaired) electrons. The molecule has 0 saturated carbocycles. The SMILES string of the molecule is CC(=O)c1ccc(C#N)c(N(C)Cc2cnccn2)c1. The average Bonchev–Trinajstić information content (AvgIpc) is 2.47. The molecule has 5 nitrogen and oxygen atoms in total. The molecule has 0 fully saturated rings. The number of rotatable bonds is 4. The van der Waals surface area contributed by atoms with Crippen LogP contribution in [-0.2, 0) is 6.54 Å². The molecule has 20 heavy (non-hydrogen) atoms. The molecule has 1 aromatic heterocycles. The van der Waals surface area contributed by atoms with Crippen molar-refractivity contribution in [3.63, 3.8) is 0 Å². The predicted molar refractivity (Wildman–Crippen MR) is 75.3 cm³/mol. The summed E-state index contributed by atoms with van der Waals surface area (Å²) in [4.78, 5) is 21.6. The highest BCUT2D eigenvalue weighted by atomic mass is 16.1. The molecule has 100 valence electrons. The molecule has 1 heterocycles. The van der Waals surface area contributed by atoms with Crippen molar-refractivity contribution in [2.45, 2.75) is 13.5 Å². The minimum atomic E-state index is -0.0244. The highest BCUT2D eigenvalue weighted by Crippen LogP contribution is 2.22. The molecule has 0 aliphatic rings. The van der Waals surface area contributed by atoms with E-state index in [9.17, 15) is 10.1 Å². The van der Waals surface area contributed by atoms with Crippen molar-refractivity contribution in [3.05, 3.63) is 53.6 Å². The summed E-state index contributed by atoms with van der Waals surface area (Å²) in [6.07, 6.45) is 4.92. The van der Waals surface area contributed by atoms with Crippen LogP contribution < -0.4 is 4.90 Å². The standard InChI is InChI=1S/C15H14N4O/c1-11(20)12-3-4-13(8-16)15(7-12)19(2)10-14-9-17-5-6-18-14/h3-7,9H,10H2,1-2H3. The summed E-state index contributed by atoms with van der Waals surface area (Å²) in [5, 5.41) is 9.17. The smallest absolute Gasteiger partial charge is 0.159 e. The largest absolute Gasteiger partial charge is 0.368 e. The molecular weight excluding hydrogens is 252 g/mol. The third-order valence-corrected chi connectivity index (χ3v) is 2.95. The van der Waals surface area contributed by atoms with Crippen LogP contribution in [0, 0.1) is 11.3 Å². The quantitative estimate of drug-likeness (QED) is 0.793. The summed E-state index contributed by atoms with van der Waals surface area (Å²) in [5.41, 5.74) is 2.63. The number of carbonyl (C=O) groups is 1. The first-order valence-corrected chi connectivity index (χ1v) is 6.13. The third kappa shape index (κ3) is 2.98. The van der Waals surface area contributed by atoms with Gasteiger partial charge in [-0.25, -0.2) is 0 Å². The van der Waals surface area contributed by atoms with Crippen LogP contribution in [0.5, 0.6) is 0 Å². The molecule has 1 aromatic carbocycles. The van der Waals surface area contributed by atoms with Crippen molar-refractivity contribution in [1.29, 1.82) is 5.26 Å². The molecule has 5 heteroatoms. The minimum absolute atomic E-state index is 0.0244. The van der Waals surface area contributed by atoms with Crippen molar-refractivity contribution in [1.82, 2.24) is 9.97 Å². The Morgan fingerprint density at radius 2 is 2.20 bits per heavy atom. The van der Waals surface area contributed by atoms with Crippen LogP contribution in [0.2, 0.25) is 0 Å². The van der Waals surface area contributed by atoms with Gasteiger partial charge in [0.15, 0.2) is 5.78 Å². The van der Waals surface area contributed by atoms with Gasteiger partial charge in [0.25, 0.3) is 0 Å². The Kier molecular flexibility index (Phi) is 4.06. The van der Waals surface area contributed by atoms with Crippen LogP contribution in [0.4, 0.5) is 5.69 Å². The Balaban J connectivity index is 2.33. The lowest BCUT2D eigenvalue weighted by molar-refractivity contribution is 0.101. The zero-order valence-corrected chi connectivity index (χ0v) is 11.4. The molecule has 0 aliphatic carbocycles. The molecule has 0 N–H and O–H groups in total. The fraction of sp³-hybridized carbons (Fsp3) is 0.200. The lowest BCUT2D eigenvalue weighted by Gasteiger charge is -2.20. The Morgan fingerprint density at radius 3 is 2.80 bits per heavy atom. The van der Waals surface area contributed by atoms with Crippen LogP contribution >= 0.6 is 0 Å². The summed E-state index contributed by atoms with van der Waals surface area (Å²) in [5.74, 6) is -0.0244. The number of benzene rings is 1. The van der Waals surface area contributed by atoms with Crippen molar-refractivity contribution in [2.24, 2.45) is 0 Å². The highest BCUT2D eigenvalue weighted by molar-refractivity contribution is 5.95. The molecule has 0 amide bonds. The fourth-order valence-corrected chi connectivity index (χ4v) is 1.90. The molecule has 0 aliphatic heterocycles. The topological polar surface area (TPSA) is 69.9 Å². The summed E-state index contributed by atoms with van der Waals surface area (Å²) in [7, 11) is 1.86. The van der Waals surface area contributed by atoms with Crippen LogP contribution in [0.1, 0.15) is 28.5 Å². The second kappa shape index (κ2) is 5.93. The number of hydrogen-bond donors (Lipinski definition) is 0. The van der Waals surface area contributed by atoms with Gasteiger partial charge in [0, 0.05) is 25.0 Å². The van der Waals surface area contributed by atoms with E-state index in [1.54, 1.807) is 36.8 Å². The van der Waals surface area contributed by atoms with Gasteiger partial charge in [-0.1, -0.05) is 0 Å². The first-order valence-electron chi connectivity index (χ1n) is 6.13. The molecule has 0 bridgehead atoms. The van der Waals surface area contributed by atoms with E-state index in [0.29, 0.717) is 23.4 Å². The molecule has 0 atom stereocenters. The summed E-state index contributed by atoms with van der Waals surface area (Å²) in [6, 6.07) is 7.21. The van der Waals surface area contributed by atoms with Gasteiger partial charge in [0.1, 0.15) is 6.07 Å². The molecule has 2 rings (SSSR count). The zero-order chi connectivity index (χ0) is 14.5. The van der Waals surface area contributed by atoms with E-state index in [4.69, 9.17) is 0 Å². The molecule has 0 saturated heterocycles. The number of ketones is 1. The number of Topliss-reactive ketones (excluding diaryl/α,β-unsaturated/α-hetero) is 1. The lowest BCUT2D eigenvalue weighted by atomic mass is 10.1. The lowest BCUT2D eigenvalue weighted by Crippen LogP contribution is -2.19. The van der Waals surface area contributed by atoms with Crippen molar-refractivity contribution in [2.75, 3.05) is 11.9 Å². The predicted octanol–water partition coefficient (Wildman–Crippen LogP) is 2.19. The van der Waals surface area contributed by atoms with Crippen LogP contribution in [0.3, 0.4) is 0 Å². The van der Waals surface area contributed by atoms with E-state index in [1.165, 1.54) is 6.92 Å². The zero-order valence-electron chi connectivity index (χ0n) is 11.4. The van der Waals surface area contributed by atoms with Gasteiger partial charge in [0.2, 0.25) is 0 Å². The number of anilines is 1. The number of nitrogens with zero attached hydrogens (tertiary/aromatic N) is 4. The molecular formula is C15H14N4O. The van der Waals surface area contributed by atoms with Crippen molar-refractivity contribution >= 4 is 11.5 Å². The Bertz CT molecular complexity index is 661. The number of hydrogen-bond acceptors (Lipinski definition) is 5. The van der Waals surface area contributed by atoms with Crippen molar-refractivity contribution in [3.8, 4) is 6.07 Å². The normalized spacial score (nSPS) is 9.85. The van der Waals surface area contributed by atoms with E-state index in [1.807, 2.05) is 11.9 Å². The van der Waals surface area contributed by atoms with Gasteiger partial charge in [0.05, 0.1) is 29.7 Å². The first-order chi connectivity index (χ1) is 9.61. The van der Waals surface area contributed by atoms with E-state index < -0.39 is 0 Å². The van der Waals surface area contributed by atoms with Gasteiger partial charge in [-0.15, -0.1) is 0 Å². The second-order valence-electron chi connectivity index (χ2n) is 4.45. The van der Waals surface area contributed by atoms with E-state index in [-0.39, 0.29) is 5.78 Å². The molecule has 2 aromatic rings. The van der Waals surface area contributed by atoms with Crippen LogP contribution in [0.25, 0.3) is 0 Å². The highest BCUT2D eigenvalue weighted by Gasteiger charge is 2.11. The monoisotopic (exact) mass is 266 g/mol.